The summed E-state index contributed by atoms with van der Waals surface area (Å²) < 4.78 is 7.90. The molecule has 1 aliphatic heterocycles. The van der Waals surface area contributed by atoms with Crippen LogP contribution in [0.3, 0.4) is 0 Å². The maximum absolute atomic E-state index is 5.68. The van der Waals surface area contributed by atoms with Crippen LogP contribution >= 0.6 is 0 Å². The number of likely N-dealkylation sites (tertiary alicyclic amines) is 1. The average molecular weight is 307 g/mol. The van der Waals surface area contributed by atoms with Crippen LogP contribution in [0.25, 0.3) is 22.7 Å². The van der Waals surface area contributed by atoms with Crippen LogP contribution in [-0.4, -0.2) is 34.1 Å². The quantitative estimate of drug-likeness (QED) is 0.717. The smallest absolute Gasteiger partial charge is 0.152 e. The Balaban J connectivity index is 1.67. The molecule has 0 bridgehead atoms. The molecule has 0 spiro atoms. The van der Waals surface area contributed by atoms with E-state index in [0.29, 0.717) is 0 Å². The molecule has 3 aromatic rings. The van der Waals surface area contributed by atoms with E-state index in [-0.39, 0.29) is 0 Å². The fraction of sp³-hybridized carbons (Fsp3) is 0.316. The Bertz CT molecular complexity index is 740. The van der Waals surface area contributed by atoms with Gasteiger partial charge in [0.1, 0.15) is 5.69 Å². The first-order valence-electron chi connectivity index (χ1n) is 8.28. The number of rotatable bonds is 5. The van der Waals surface area contributed by atoms with Crippen LogP contribution in [0, 0.1) is 0 Å². The Hall–Kier alpha value is -2.33. The minimum atomic E-state index is 0.878. The first kappa shape index (κ1) is 14.3. The maximum atomic E-state index is 5.68. The second-order valence-corrected chi connectivity index (χ2v) is 6.03. The van der Waals surface area contributed by atoms with Crippen molar-refractivity contribution in [1.82, 2.24) is 14.5 Å². The highest BCUT2D eigenvalue weighted by molar-refractivity contribution is 5.76. The van der Waals surface area contributed by atoms with Gasteiger partial charge in [-0.3, -0.25) is 0 Å². The molecule has 0 saturated carbocycles. The average Bonchev–Trinajstić information content (AvgIpc) is 3.34. The molecule has 1 aromatic carbocycles. The van der Waals surface area contributed by atoms with E-state index >= 15 is 0 Å². The van der Waals surface area contributed by atoms with Gasteiger partial charge in [0.15, 0.2) is 5.76 Å². The highest BCUT2D eigenvalue weighted by Crippen LogP contribution is 2.31. The number of nitrogens with zero attached hydrogens (tertiary/aromatic N) is 3. The summed E-state index contributed by atoms with van der Waals surface area (Å²) in [5.41, 5.74) is 3.18. The molecule has 4 nitrogen and oxygen atoms in total. The molecular weight excluding hydrogens is 286 g/mol. The molecule has 0 N–H and O–H groups in total. The van der Waals surface area contributed by atoms with Gasteiger partial charge in [0.05, 0.1) is 18.3 Å². The summed E-state index contributed by atoms with van der Waals surface area (Å²) >= 11 is 0. The molecule has 4 rings (SSSR count). The third-order valence-corrected chi connectivity index (χ3v) is 4.50. The highest BCUT2D eigenvalue weighted by atomic mass is 16.3. The molecule has 23 heavy (non-hydrogen) atoms. The third kappa shape index (κ3) is 2.94. The van der Waals surface area contributed by atoms with Gasteiger partial charge >= 0.3 is 0 Å². The molecule has 3 heterocycles. The lowest BCUT2D eigenvalue weighted by Gasteiger charge is -2.16. The van der Waals surface area contributed by atoms with Crippen molar-refractivity contribution in [3.8, 4) is 22.7 Å². The predicted molar refractivity (Wildman–Crippen MR) is 91.0 cm³/mol. The molecule has 0 atom stereocenters. The van der Waals surface area contributed by atoms with E-state index in [9.17, 15) is 0 Å². The number of furan rings is 1. The van der Waals surface area contributed by atoms with Gasteiger partial charge in [-0.05, 0) is 38.1 Å². The maximum Gasteiger partial charge on any atom is 0.152 e. The number of aromatic nitrogens is 2. The largest absolute Gasteiger partial charge is 0.463 e. The van der Waals surface area contributed by atoms with Crippen molar-refractivity contribution in [2.75, 3.05) is 19.6 Å². The lowest BCUT2D eigenvalue weighted by atomic mass is 10.1. The SMILES string of the molecule is c1ccc(-c2ncn(CCN3CCCC3)c2-c2ccco2)cc1. The Morgan fingerprint density at radius 3 is 2.52 bits per heavy atom. The summed E-state index contributed by atoms with van der Waals surface area (Å²) in [6, 6.07) is 14.3. The van der Waals surface area contributed by atoms with Gasteiger partial charge < -0.3 is 13.9 Å². The van der Waals surface area contributed by atoms with Gasteiger partial charge in [0.2, 0.25) is 0 Å². The van der Waals surface area contributed by atoms with E-state index in [1.165, 1.54) is 25.9 Å². The Kier molecular flexibility index (Phi) is 3.99. The summed E-state index contributed by atoms with van der Waals surface area (Å²) in [6.07, 6.45) is 6.31. The second-order valence-electron chi connectivity index (χ2n) is 6.03. The molecule has 118 valence electrons. The van der Waals surface area contributed by atoms with Crippen LogP contribution < -0.4 is 0 Å². The van der Waals surface area contributed by atoms with Crippen LogP contribution in [0.5, 0.6) is 0 Å². The minimum Gasteiger partial charge on any atom is -0.463 e. The van der Waals surface area contributed by atoms with E-state index in [1.54, 1.807) is 6.26 Å². The summed E-state index contributed by atoms with van der Waals surface area (Å²) in [7, 11) is 0. The molecule has 1 saturated heterocycles. The Morgan fingerprint density at radius 2 is 1.78 bits per heavy atom. The fourth-order valence-corrected chi connectivity index (χ4v) is 3.29. The molecule has 4 heteroatoms. The van der Waals surface area contributed by atoms with Gasteiger partial charge in [0, 0.05) is 18.7 Å². The molecule has 0 unspecified atom stereocenters. The molecule has 0 aliphatic carbocycles. The first-order valence-corrected chi connectivity index (χ1v) is 8.28. The van der Waals surface area contributed by atoms with Crippen LogP contribution in [0.1, 0.15) is 12.8 Å². The van der Waals surface area contributed by atoms with E-state index in [4.69, 9.17) is 4.42 Å². The van der Waals surface area contributed by atoms with E-state index in [2.05, 4.69) is 26.6 Å². The van der Waals surface area contributed by atoms with E-state index < -0.39 is 0 Å². The van der Waals surface area contributed by atoms with Crippen molar-refractivity contribution in [2.24, 2.45) is 0 Å². The summed E-state index contributed by atoms with van der Waals surface area (Å²) in [5, 5.41) is 0. The first-order chi connectivity index (χ1) is 11.4. The molecular formula is C19H21N3O. The zero-order valence-corrected chi connectivity index (χ0v) is 13.2. The summed E-state index contributed by atoms with van der Waals surface area (Å²) in [4.78, 5) is 7.19. The zero-order chi connectivity index (χ0) is 15.5. The van der Waals surface area contributed by atoms with Gasteiger partial charge in [0.25, 0.3) is 0 Å². The fourth-order valence-electron chi connectivity index (χ4n) is 3.29. The highest BCUT2D eigenvalue weighted by Gasteiger charge is 2.18. The van der Waals surface area contributed by atoms with Crippen LogP contribution in [-0.2, 0) is 6.54 Å². The molecule has 1 fully saturated rings. The van der Waals surface area contributed by atoms with Crippen LogP contribution in [0.15, 0.2) is 59.5 Å². The van der Waals surface area contributed by atoms with Crippen molar-refractivity contribution in [3.63, 3.8) is 0 Å². The second kappa shape index (κ2) is 6.42. The topological polar surface area (TPSA) is 34.2 Å². The van der Waals surface area contributed by atoms with E-state index in [1.807, 2.05) is 36.7 Å². The van der Waals surface area contributed by atoms with Crippen molar-refractivity contribution in [3.05, 3.63) is 55.1 Å². The Morgan fingerprint density at radius 1 is 0.957 bits per heavy atom. The monoisotopic (exact) mass is 307 g/mol. The van der Waals surface area contributed by atoms with Crippen LogP contribution in [0.4, 0.5) is 0 Å². The zero-order valence-electron chi connectivity index (χ0n) is 13.2. The van der Waals surface area contributed by atoms with Crippen molar-refractivity contribution >= 4 is 0 Å². The number of hydrogen-bond donors (Lipinski definition) is 0. The molecule has 0 radical (unpaired) electrons. The molecule has 2 aromatic heterocycles. The van der Waals surface area contributed by atoms with Crippen LogP contribution in [0.2, 0.25) is 0 Å². The number of benzene rings is 1. The summed E-state index contributed by atoms with van der Waals surface area (Å²) in [5.74, 6) is 0.878. The molecule has 0 amide bonds. The van der Waals surface area contributed by atoms with Gasteiger partial charge in [-0.2, -0.15) is 0 Å². The van der Waals surface area contributed by atoms with Crippen molar-refractivity contribution in [1.29, 1.82) is 0 Å². The predicted octanol–water partition coefficient (Wildman–Crippen LogP) is 3.91. The normalized spacial score (nSPS) is 15.3. The molecule has 1 aliphatic rings. The number of hydrogen-bond acceptors (Lipinski definition) is 3. The Labute approximate surface area is 136 Å². The van der Waals surface area contributed by atoms with Gasteiger partial charge in [-0.25, -0.2) is 4.98 Å². The van der Waals surface area contributed by atoms with Crippen molar-refractivity contribution in [2.45, 2.75) is 19.4 Å². The van der Waals surface area contributed by atoms with E-state index in [0.717, 1.165) is 35.8 Å². The standard InChI is InChI=1S/C19H21N3O/c1-2-7-16(8-3-1)18-19(17-9-6-14-23-17)22(15-20-18)13-12-21-10-4-5-11-21/h1-3,6-9,14-15H,4-5,10-13H2. The van der Waals surface area contributed by atoms with Crippen molar-refractivity contribution < 1.29 is 4.42 Å². The third-order valence-electron chi connectivity index (χ3n) is 4.50. The summed E-state index contributed by atoms with van der Waals surface area (Å²) in [6.45, 7) is 4.45. The van der Waals surface area contributed by atoms with Gasteiger partial charge in [-0.1, -0.05) is 30.3 Å². The minimum absolute atomic E-state index is 0.878. The lowest BCUT2D eigenvalue weighted by molar-refractivity contribution is 0.322. The lowest BCUT2D eigenvalue weighted by Crippen LogP contribution is -2.24. The number of imidazole rings is 1. The van der Waals surface area contributed by atoms with Gasteiger partial charge in [-0.15, -0.1) is 0 Å².